The Kier molecular flexibility index (Phi) is 5.03. The molecule has 0 saturated heterocycles. The molecule has 17 heavy (non-hydrogen) atoms. The van der Waals surface area contributed by atoms with Crippen LogP contribution in [0.4, 0.5) is 0 Å². The summed E-state index contributed by atoms with van der Waals surface area (Å²) in [7, 11) is 1.98. The molecule has 0 bridgehead atoms. The van der Waals surface area contributed by atoms with Gasteiger partial charge < -0.3 is 4.90 Å². The highest BCUT2D eigenvalue weighted by atomic mass is 16.2. The zero-order chi connectivity index (χ0) is 13.1. The lowest BCUT2D eigenvalue weighted by Crippen LogP contribution is -2.40. The minimum Gasteiger partial charge on any atom is -0.343 e. The number of rotatable bonds is 3. The van der Waals surface area contributed by atoms with Crippen LogP contribution in [0.2, 0.25) is 0 Å². The Hall–Kier alpha value is -0.530. The van der Waals surface area contributed by atoms with E-state index in [1.165, 1.54) is 32.1 Å². The molecule has 0 aromatic heterocycles. The maximum atomic E-state index is 11.7. The Morgan fingerprint density at radius 3 is 2.47 bits per heavy atom. The molecule has 2 unspecified atom stereocenters. The van der Waals surface area contributed by atoms with Crippen LogP contribution in [0.3, 0.4) is 0 Å². The third-order valence-corrected chi connectivity index (χ3v) is 3.90. The fourth-order valence-electron chi connectivity index (χ4n) is 3.12. The van der Waals surface area contributed by atoms with E-state index in [9.17, 15) is 4.79 Å². The van der Waals surface area contributed by atoms with Gasteiger partial charge >= 0.3 is 0 Å². The predicted octanol–water partition coefficient (Wildman–Crippen LogP) is 3.85. The minimum atomic E-state index is 0.298. The molecule has 2 nitrogen and oxygen atoms in total. The topological polar surface area (TPSA) is 20.3 Å². The molecule has 1 fully saturated rings. The zero-order valence-electron chi connectivity index (χ0n) is 12.3. The van der Waals surface area contributed by atoms with Crippen LogP contribution in [0.15, 0.2) is 0 Å². The summed E-state index contributed by atoms with van der Waals surface area (Å²) < 4.78 is 0. The molecule has 2 heteroatoms. The first-order valence-electron chi connectivity index (χ1n) is 7.09. The van der Waals surface area contributed by atoms with Gasteiger partial charge in [-0.2, -0.15) is 0 Å². The van der Waals surface area contributed by atoms with Gasteiger partial charge in [0, 0.05) is 19.5 Å². The molecule has 1 aliphatic rings. The standard InChI is InChI=1S/C15H29NO/c1-6-14(17)16(5)13-9-7-8-12(10-13)11-15(2,3)4/h12-13H,6-11H2,1-5H3. The van der Waals surface area contributed by atoms with Gasteiger partial charge in [0.2, 0.25) is 5.91 Å². The van der Waals surface area contributed by atoms with E-state index in [1.807, 2.05) is 18.9 Å². The quantitative estimate of drug-likeness (QED) is 0.732. The molecule has 0 radical (unpaired) electrons. The summed E-state index contributed by atoms with van der Waals surface area (Å²) in [5.41, 5.74) is 0.417. The van der Waals surface area contributed by atoms with Gasteiger partial charge in [0.15, 0.2) is 0 Å². The second-order valence-corrected chi connectivity index (χ2v) is 6.81. The normalized spacial score (nSPS) is 25.7. The molecular formula is C15H29NO. The molecule has 1 rings (SSSR count). The van der Waals surface area contributed by atoms with Crippen molar-refractivity contribution in [2.45, 2.75) is 72.3 Å². The Balaban J connectivity index is 2.51. The van der Waals surface area contributed by atoms with Crippen LogP contribution >= 0.6 is 0 Å². The van der Waals surface area contributed by atoms with Crippen molar-refractivity contribution in [2.75, 3.05) is 7.05 Å². The average Bonchev–Trinajstić information content (AvgIpc) is 2.25. The van der Waals surface area contributed by atoms with Gasteiger partial charge in [-0.1, -0.05) is 40.5 Å². The molecule has 0 N–H and O–H groups in total. The maximum Gasteiger partial charge on any atom is 0.222 e. The van der Waals surface area contributed by atoms with Gasteiger partial charge in [0.05, 0.1) is 0 Å². The van der Waals surface area contributed by atoms with Crippen LogP contribution < -0.4 is 0 Å². The molecular weight excluding hydrogens is 210 g/mol. The minimum absolute atomic E-state index is 0.298. The molecule has 1 amide bonds. The monoisotopic (exact) mass is 239 g/mol. The van der Waals surface area contributed by atoms with E-state index in [0.717, 1.165) is 5.92 Å². The van der Waals surface area contributed by atoms with Gasteiger partial charge in [-0.15, -0.1) is 0 Å². The van der Waals surface area contributed by atoms with Crippen molar-refractivity contribution in [2.24, 2.45) is 11.3 Å². The molecule has 2 atom stereocenters. The van der Waals surface area contributed by atoms with E-state index < -0.39 is 0 Å². The maximum absolute atomic E-state index is 11.7. The molecule has 1 aliphatic carbocycles. The summed E-state index contributed by atoms with van der Waals surface area (Å²) in [5, 5.41) is 0. The largest absolute Gasteiger partial charge is 0.343 e. The zero-order valence-corrected chi connectivity index (χ0v) is 12.3. The summed E-state index contributed by atoms with van der Waals surface area (Å²) in [5.74, 6) is 1.10. The highest BCUT2D eigenvalue weighted by molar-refractivity contribution is 5.75. The van der Waals surface area contributed by atoms with Gasteiger partial charge in [-0.3, -0.25) is 4.79 Å². The molecule has 100 valence electrons. The number of amides is 1. The Morgan fingerprint density at radius 2 is 1.94 bits per heavy atom. The first-order valence-corrected chi connectivity index (χ1v) is 7.09. The third kappa shape index (κ3) is 4.69. The van der Waals surface area contributed by atoms with Crippen LogP contribution in [0.1, 0.15) is 66.2 Å². The lowest BCUT2D eigenvalue weighted by molar-refractivity contribution is -0.132. The van der Waals surface area contributed by atoms with Crippen LogP contribution in [0.25, 0.3) is 0 Å². The molecule has 0 spiro atoms. The third-order valence-electron chi connectivity index (χ3n) is 3.90. The lowest BCUT2D eigenvalue weighted by atomic mass is 9.76. The van der Waals surface area contributed by atoms with E-state index in [-0.39, 0.29) is 0 Å². The molecule has 0 aliphatic heterocycles. The Bertz CT molecular complexity index is 254. The second-order valence-electron chi connectivity index (χ2n) is 6.81. The smallest absolute Gasteiger partial charge is 0.222 e. The highest BCUT2D eigenvalue weighted by Crippen LogP contribution is 2.35. The van der Waals surface area contributed by atoms with Gasteiger partial charge in [0.25, 0.3) is 0 Å². The molecule has 0 aromatic carbocycles. The second kappa shape index (κ2) is 5.88. The summed E-state index contributed by atoms with van der Waals surface area (Å²) in [6.07, 6.45) is 6.96. The van der Waals surface area contributed by atoms with Crippen LogP contribution in [-0.2, 0) is 4.79 Å². The van der Waals surface area contributed by atoms with E-state index in [1.54, 1.807) is 0 Å². The number of nitrogens with zero attached hydrogens (tertiary/aromatic N) is 1. The first-order chi connectivity index (χ1) is 7.83. The number of hydrogen-bond acceptors (Lipinski definition) is 1. The van der Waals surface area contributed by atoms with Crippen molar-refractivity contribution in [3.8, 4) is 0 Å². The highest BCUT2D eigenvalue weighted by Gasteiger charge is 2.29. The van der Waals surface area contributed by atoms with Crippen molar-refractivity contribution in [1.82, 2.24) is 4.90 Å². The van der Waals surface area contributed by atoms with Gasteiger partial charge in [-0.25, -0.2) is 0 Å². The van der Waals surface area contributed by atoms with Crippen LogP contribution in [0, 0.1) is 11.3 Å². The summed E-state index contributed by atoms with van der Waals surface area (Å²) in [4.78, 5) is 13.7. The van der Waals surface area contributed by atoms with Crippen molar-refractivity contribution in [1.29, 1.82) is 0 Å². The molecule has 0 heterocycles. The summed E-state index contributed by atoms with van der Waals surface area (Å²) in [6, 6.07) is 0.489. The van der Waals surface area contributed by atoms with Crippen molar-refractivity contribution in [3.63, 3.8) is 0 Å². The molecule has 1 saturated carbocycles. The average molecular weight is 239 g/mol. The summed E-state index contributed by atoms with van der Waals surface area (Å²) in [6.45, 7) is 8.90. The van der Waals surface area contributed by atoms with E-state index in [0.29, 0.717) is 23.8 Å². The lowest BCUT2D eigenvalue weighted by Gasteiger charge is -2.37. The van der Waals surface area contributed by atoms with Crippen molar-refractivity contribution in [3.05, 3.63) is 0 Å². The predicted molar refractivity (Wildman–Crippen MR) is 72.9 cm³/mol. The van der Waals surface area contributed by atoms with E-state index >= 15 is 0 Å². The number of carbonyl (C=O) groups is 1. The summed E-state index contributed by atoms with van der Waals surface area (Å²) >= 11 is 0. The van der Waals surface area contributed by atoms with Crippen LogP contribution in [-0.4, -0.2) is 23.9 Å². The van der Waals surface area contributed by atoms with Gasteiger partial charge in [-0.05, 0) is 30.6 Å². The van der Waals surface area contributed by atoms with Crippen molar-refractivity contribution >= 4 is 5.91 Å². The van der Waals surface area contributed by atoms with E-state index in [4.69, 9.17) is 0 Å². The first kappa shape index (κ1) is 14.5. The van der Waals surface area contributed by atoms with Gasteiger partial charge in [0.1, 0.15) is 0 Å². The fourth-order valence-corrected chi connectivity index (χ4v) is 3.12. The Morgan fingerprint density at radius 1 is 1.29 bits per heavy atom. The van der Waals surface area contributed by atoms with E-state index in [2.05, 4.69) is 20.8 Å². The molecule has 0 aromatic rings. The number of carbonyl (C=O) groups excluding carboxylic acids is 1. The SMILES string of the molecule is CCC(=O)N(C)C1CCCC(CC(C)(C)C)C1. The Labute approximate surface area is 107 Å². The fraction of sp³-hybridized carbons (Fsp3) is 0.933. The van der Waals surface area contributed by atoms with Crippen LogP contribution in [0.5, 0.6) is 0 Å². The van der Waals surface area contributed by atoms with Crippen molar-refractivity contribution < 1.29 is 4.79 Å². The number of hydrogen-bond donors (Lipinski definition) is 0.